The summed E-state index contributed by atoms with van der Waals surface area (Å²) in [5, 5.41) is 11.5. The van der Waals surface area contributed by atoms with Crippen LogP contribution in [0.2, 0.25) is 0 Å². The number of aromatic nitrogens is 1. The van der Waals surface area contributed by atoms with Gasteiger partial charge in [-0.05, 0) is 55.1 Å². The average molecular weight is 431 g/mol. The standard InChI is InChI=1S/C27H30N2O3/c30-26(27(31,24-11-3-1-4-12-24)25-13-5-2-6-14-25)32-19-15-23(21-29-17-7-8-18-29)22-10-9-16-28-20-22/h1-6,9-14,16,20,23,31H,7-8,15,17-19,21H2/t23-/m0/s1. The van der Waals surface area contributed by atoms with Gasteiger partial charge in [-0.3, -0.25) is 4.98 Å². The second kappa shape index (κ2) is 10.5. The van der Waals surface area contributed by atoms with E-state index in [2.05, 4.69) is 16.0 Å². The van der Waals surface area contributed by atoms with Crippen LogP contribution < -0.4 is 0 Å². The number of rotatable bonds is 9. The van der Waals surface area contributed by atoms with E-state index in [9.17, 15) is 9.90 Å². The molecule has 0 radical (unpaired) electrons. The molecule has 0 unspecified atom stereocenters. The predicted octanol–water partition coefficient (Wildman–Crippen LogP) is 4.13. The third-order valence-corrected chi connectivity index (χ3v) is 6.21. The number of ether oxygens (including phenoxy) is 1. The van der Waals surface area contributed by atoms with Gasteiger partial charge >= 0.3 is 5.97 Å². The molecule has 5 nitrogen and oxygen atoms in total. The topological polar surface area (TPSA) is 62.7 Å². The minimum atomic E-state index is -1.85. The lowest BCUT2D eigenvalue weighted by Crippen LogP contribution is -2.39. The molecule has 1 N–H and O–H groups in total. The predicted molar refractivity (Wildman–Crippen MR) is 124 cm³/mol. The number of likely N-dealkylation sites (tertiary alicyclic amines) is 1. The number of nitrogens with zero attached hydrogens (tertiary/aromatic N) is 2. The van der Waals surface area contributed by atoms with Crippen molar-refractivity contribution in [2.75, 3.05) is 26.2 Å². The van der Waals surface area contributed by atoms with E-state index in [4.69, 9.17) is 4.74 Å². The maximum atomic E-state index is 13.2. The summed E-state index contributed by atoms with van der Waals surface area (Å²) < 4.78 is 5.70. The van der Waals surface area contributed by atoms with Crippen LogP contribution in [0.1, 0.15) is 41.9 Å². The fourth-order valence-electron chi connectivity index (χ4n) is 4.42. The van der Waals surface area contributed by atoms with Crippen LogP contribution in [-0.4, -0.2) is 47.2 Å². The first-order valence-corrected chi connectivity index (χ1v) is 11.3. The fraction of sp³-hybridized carbons (Fsp3) is 0.333. The van der Waals surface area contributed by atoms with Crippen molar-refractivity contribution in [1.29, 1.82) is 0 Å². The summed E-state index contributed by atoms with van der Waals surface area (Å²) >= 11 is 0. The highest BCUT2D eigenvalue weighted by atomic mass is 16.5. The van der Waals surface area contributed by atoms with E-state index in [-0.39, 0.29) is 12.5 Å². The number of pyridine rings is 1. The molecular formula is C27H30N2O3. The van der Waals surface area contributed by atoms with Crippen molar-refractivity contribution in [3.63, 3.8) is 0 Å². The maximum absolute atomic E-state index is 13.2. The van der Waals surface area contributed by atoms with Crippen LogP contribution in [0.25, 0.3) is 0 Å². The molecule has 0 spiro atoms. The normalized spacial score (nSPS) is 15.4. The molecule has 0 amide bonds. The molecule has 1 saturated heterocycles. The Bertz CT molecular complexity index is 934. The van der Waals surface area contributed by atoms with Crippen molar-refractivity contribution in [3.8, 4) is 0 Å². The Kier molecular flexibility index (Phi) is 7.30. The second-order valence-electron chi connectivity index (χ2n) is 8.36. The largest absolute Gasteiger partial charge is 0.463 e. The lowest BCUT2D eigenvalue weighted by Gasteiger charge is -2.28. The van der Waals surface area contributed by atoms with E-state index < -0.39 is 11.6 Å². The number of aliphatic hydroxyl groups is 1. The Labute approximate surface area is 189 Å². The van der Waals surface area contributed by atoms with E-state index in [1.807, 2.05) is 48.7 Å². The Morgan fingerprint density at radius 1 is 0.969 bits per heavy atom. The molecule has 5 heteroatoms. The van der Waals surface area contributed by atoms with E-state index >= 15 is 0 Å². The van der Waals surface area contributed by atoms with Gasteiger partial charge in [0.05, 0.1) is 6.61 Å². The zero-order valence-electron chi connectivity index (χ0n) is 18.3. The molecule has 0 aliphatic carbocycles. The summed E-state index contributed by atoms with van der Waals surface area (Å²) in [4.78, 5) is 20.0. The minimum Gasteiger partial charge on any atom is -0.463 e. The molecule has 4 rings (SSSR count). The highest BCUT2D eigenvalue weighted by molar-refractivity contribution is 5.85. The monoisotopic (exact) mass is 430 g/mol. The van der Waals surface area contributed by atoms with Crippen molar-refractivity contribution in [2.45, 2.75) is 30.8 Å². The molecule has 1 aromatic heterocycles. The molecule has 1 atom stereocenters. The number of carbonyl (C=O) groups is 1. The molecule has 166 valence electrons. The van der Waals surface area contributed by atoms with Crippen LogP contribution >= 0.6 is 0 Å². The Morgan fingerprint density at radius 2 is 1.59 bits per heavy atom. The summed E-state index contributed by atoms with van der Waals surface area (Å²) in [7, 11) is 0. The lowest BCUT2D eigenvalue weighted by atomic mass is 9.86. The second-order valence-corrected chi connectivity index (χ2v) is 8.36. The average Bonchev–Trinajstić information content (AvgIpc) is 3.37. The minimum absolute atomic E-state index is 0.219. The van der Waals surface area contributed by atoms with Gasteiger partial charge in [0.15, 0.2) is 0 Å². The van der Waals surface area contributed by atoms with E-state index in [0.717, 1.165) is 25.2 Å². The number of hydrogen-bond acceptors (Lipinski definition) is 5. The smallest absolute Gasteiger partial charge is 0.347 e. The lowest BCUT2D eigenvalue weighted by molar-refractivity contribution is -0.162. The van der Waals surface area contributed by atoms with Crippen LogP contribution in [0.4, 0.5) is 0 Å². The Balaban J connectivity index is 1.48. The highest BCUT2D eigenvalue weighted by Crippen LogP contribution is 2.31. The van der Waals surface area contributed by atoms with E-state index in [0.29, 0.717) is 17.5 Å². The van der Waals surface area contributed by atoms with Gasteiger partial charge in [0, 0.05) is 24.9 Å². The van der Waals surface area contributed by atoms with Crippen LogP contribution in [0.3, 0.4) is 0 Å². The van der Waals surface area contributed by atoms with E-state index in [1.54, 1.807) is 30.5 Å². The summed E-state index contributed by atoms with van der Waals surface area (Å²) in [6.07, 6.45) is 6.81. The first kappa shape index (κ1) is 22.2. The molecule has 0 bridgehead atoms. The zero-order chi connectivity index (χ0) is 22.2. The quantitative estimate of drug-likeness (QED) is 0.517. The van der Waals surface area contributed by atoms with Gasteiger partial charge in [0.1, 0.15) is 0 Å². The molecule has 1 fully saturated rings. The zero-order valence-corrected chi connectivity index (χ0v) is 18.3. The summed E-state index contributed by atoms with van der Waals surface area (Å²) in [6.45, 7) is 3.37. The van der Waals surface area contributed by atoms with Gasteiger partial charge in [0.25, 0.3) is 0 Å². The van der Waals surface area contributed by atoms with Crippen molar-refractivity contribution in [3.05, 3.63) is 102 Å². The number of benzene rings is 2. The third kappa shape index (κ3) is 5.06. The molecule has 0 saturated carbocycles. The summed E-state index contributed by atoms with van der Waals surface area (Å²) in [6, 6.07) is 22.0. The first-order chi connectivity index (χ1) is 15.7. The third-order valence-electron chi connectivity index (χ3n) is 6.21. The molecule has 3 aromatic rings. The molecule has 32 heavy (non-hydrogen) atoms. The first-order valence-electron chi connectivity index (χ1n) is 11.3. The van der Waals surface area contributed by atoms with Gasteiger partial charge in [-0.25, -0.2) is 4.79 Å². The Hall–Kier alpha value is -3.02. The van der Waals surface area contributed by atoms with Crippen molar-refractivity contribution in [2.24, 2.45) is 0 Å². The highest BCUT2D eigenvalue weighted by Gasteiger charge is 2.41. The molecule has 2 aromatic carbocycles. The fourth-order valence-corrected chi connectivity index (χ4v) is 4.42. The van der Waals surface area contributed by atoms with E-state index in [1.165, 1.54) is 12.8 Å². The number of hydrogen-bond donors (Lipinski definition) is 1. The van der Waals surface area contributed by atoms with Gasteiger partial charge in [-0.1, -0.05) is 66.7 Å². The van der Waals surface area contributed by atoms with Crippen LogP contribution in [0.5, 0.6) is 0 Å². The molecule has 2 heterocycles. The van der Waals surface area contributed by atoms with Crippen molar-refractivity contribution < 1.29 is 14.6 Å². The van der Waals surface area contributed by atoms with Crippen LogP contribution in [-0.2, 0) is 15.1 Å². The summed E-state index contributed by atoms with van der Waals surface area (Å²) in [5.41, 5.74) is 0.298. The van der Waals surface area contributed by atoms with Crippen LogP contribution in [0, 0.1) is 0 Å². The van der Waals surface area contributed by atoms with Gasteiger partial charge in [-0.15, -0.1) is 0 Å². The van der Waals surface area contributed by atoms with Crippen molar-refractivity contribution >= 4 is 5.97 Å². The Morgan fingerprint density at radius 3 is 2.16 bits per heavy atom. The van der Waals surface area contributed by atoms with Gasteiger partial charge < -0.3 is 14.7 Å². The molecular weight excluding hydrogens is 400 g/mol. The maximum Gasteiger partial charge on any atom is 0.347 e. The van der Waals surface area contributed by atoms with Crippen LogP contribution in [0.15, 0.2) is 85.2 Å². The van der Waals surface area contributed by atoms with Gasteiger partial charge in [0.2, 0.25) is 5.60 Å². The molecule has 1 aliphatic rings. The number of esters is 1. The van der Waals surface area contributed by atoms with Crippen molar-refractivity contribution in [1.82, 2.24) is 9.88 Å². The SMILES string of the molecule is O=C(OCC[C@@H](CN1CCCC1)c1cccnc1)C(O)(c1ccccc1)c1ccccc1. The molecule has 1 aliphatic heterocycles. The summed E-state index contributed by atoms with van der Waals surface area (Å²) in [5.74, 6) is -0.433. The van der Waals surface area contributed by atoms with Gasteiger partial charge in [-0.2, -0.15) is 0 Å². The number of carbonyl (C=O) groups excluding carboxylic acids is 1.